The number of rotatable bonds is 8. The summed E-state index contributed by atoms with van der Waals surface area (Å²) in [6.45, 7) is 11.9. The van der Waals surface area contributed by atoms with Gasteiger partial charge in [0.05, 0.1) is 12.8 Å². The highest BCUT2D eigenvalue weighted by atomic mass is 16.5. The van der Waals surface area contributed by atoms with Crippen LogP contribution in [0.2, 0.25) is 0 Å². The van der Waals surface area contributed by atoms with Crippen molar-refractivity contribution in [3.63, 3.8) is 0 Å². The summed E-state index contributed by atoms with van der Waals surface area (Å²) >= 11 is 0. The van der Waals surface area contributed by atoms with Crippen molar-refractivity contribution in [1.82, 2.24) is 15.0 Å². The van der Waals surface area contributed by atoms with Gasteiger partial charge in [-0.1, -0.05) is 37.5 Å². The van der Waals surface area contributed by atoms with Gasteiger partial charge in [-0.25, -0.2) is 0 Å². The van der Waals surface area contributed by atoms with E-state index in [1.165, 1.54) is 4.80 Å². The molecule has 0 saturated carbocycles. The summed E-state index contributed by atoms with van der Waals surface area (Å²) in [5, 5.41) is 18.7. The van der Waals surface area contributed by atoms with Gasteiger partial charge < -0.3 is 9.84 Å². The fourth-order valence-corrected chi connectivity index (χ4v) is 2.03. The molecular weight excluding hydrogens is 314 g/mol. The highest BCUT2D eigenvalue weighted by Crippen LogP contribution is 2.22. The van der Waals surface area contributed by atoms with Crippen molar-refractivity contribution in [3.8, 4) is 11.4 Å². The molecule has 0 aliphatic heterocycles. The fraction of sp³-hybridized carbons (Fsp3) is 0.200. The van der Waals surface area contributed by atoms with Gasteiger partial charge in [0.1, 0.15) is 22.9 Å². The quantitative estimate of drug-likeness (QED) is 0.579. The van der Waals surface area contributed by atoms with Crippen LogP contribution in [-0.4, -0.2) is 26.7 Å². The number of benzene rings is 1. The van der Waals surface area contributed by atoms with Gasteiger partial charge in [0.15, 0.2) is 0 Å². The van der Waals surface area contributed by atoms with Crippen LogP contribution < -0.4 is 0 Å². The fourth-order valence-electron chi connectivity index (χ4n) is 2.03. The lowest BCUT2D eigenvalue weighted by Gasteiger charge is -2.10. The van der Waals surface area contributed by atoms with Gasteiger partial charge in [-0.15, -0.1) is 9.90 Å². The molecule has 0 unspecified atom stereocenters. The smallest absolute Gasteiger partial charge is 0.143 e. The molecule has 0 fully saturated rings. The normalized spacial score (nSPS) is 11.3. The lowest BCUT2D eigenvalue weighted by atomic mass is 10.1. The van der Waals surface area contributed by atoms with Crippen LogP contribution >= 0.6 is 0 Å². The Labute approximate surface area is 148 Å². The second-order valence-corrected chi connectivity index (χ2v) is 5.57. The van der Waals surface area contributed by atoms with Crippen LogP contribution in [0.25, 0.3) is 11.8 Å². The van der Waals surface area contributed by atoms with E-state index >= 15 is 0 Å². The summed E-state index contributed by atoms with van der Waals surface area (Å²) in [5.74, 6) is 0.709. The van der Waals surface area contributed by atoms with Crippen LogP contribution in [0.1, 0.15) is 25.1 Å². The third kappa shape index (κ3) is 5.21. The SMILES string of the molecule is C=C(C)C(=C)OCCc1ccc(O)c(-n2ncc(/C=C\C=C/C)n2)c1. The molecule has 1 heterocycles. The van der Waals surface area contributed by atoms with Crippen molar-refractivity contribution in [2.45, 2.75) is 20.3 Å². The molecule has 0 aliphatic carbocycles. The van der Waals surface area contributed by atoms with Crippen LogP contribution in [0.4, 0.5) is 0 Å². The summed E-state index contributed by atoms with van der Waals surface area (Å²) in [7, 11) is 0. The monoisotopic (exact) mass is 337 g/mol. The molecule has 0 saturated heterocycles. The maximum atomic E-state index is 10.1. The molecule has 1 aromatic heterocycles. The third-order valence-corrected chi connectivity index (χ3v) is 3.48. The highest BCUT2D eigenvalue weighted by molar-refractivity contribution is 5.49. The van der Waals surface area contributed by atoms with Crippen molar-refractivity contribution in [3.05, 3.63) is 78.4 Å². The van der Waals surface area contributed by atoms with Crippen molar-refractivity contribution >= 4 is 6.08 Å². The van der Waals surface area contributed by atoms with Crippen molar-refractivity contribution in [2.24, 2.45) is 0 Å². The first-order valence-corrected chi connectivity index (χ1v) is 8.03. The number of aromatic nitrogens is 3. The molecule has 2 aromatic rings. The first-order valence-electron chi connectivity index (χ1n) is 8.03. The average Bonchev–Trinajstić information content (AvgIpc) is 3.05. The van der Waals surface area contributed by atoms with Crippen LogP contribution in [0.5, 0.6) is 5.75 Å². The molecule has 0 spiro atoms. The molecule has 130 valence electrons. The summed E-state index contributed by atoms with van der Waals surface area (Å²) in [5.41, 5.74) is 3.06. The molecule has 0 amide bonds. The van der Waals surface area contributed by atoms with Crippen LogP contribution in [-0.2, 0) is 11.2 Å². The van der Waals surface area contributed by atoms with Crippen molar-refractivity contribution < 1.29 is 9.84 Å². The zero-order valence-electron chi connectivity index (χ0n) is 14.6. The van der Waals surface area contributed by atoms with Gasteiger partial charge in [-0.3, -0.25) is 0 Å². The highest BCUT2D eigenvalue weighted by Gasteiger charge is 2.08. The number of phenols is 1. The Bertz CT molecular complexity index is 816. The number of aromatic hydroxyl groups is 1. The van der Waals surface area contributed by atoms with E-state index in [0.717, 1.165) is 11.1 Å². The van der Waals surface area contributed by atoms with Crippen molar-refractivity contribution in [2.75, 3.05) is 6.61 Å². The molecule has 5 heteroatoms. The summed E-state index contributed by atoms with van der Waals surface area (Å²) in [6.07, 6.45) is 9.90. The topological polar surface area (TPSA) is 60.2 Å². The second-order valence-electron chi connectivity index (χ2n) is 5.57. The number of hydrogen-bond acceptors (Lipinski definition) is 4. The van der Waals surface area contributed by atoms with Crippen LogP contribution in [0, 0.1) is 0 Å². The van der Waals surface area contributed by atoms with E-state index in [0.29, 0.717) is 30.2 Å². The maximum absolute atomic E-state index is 10.1. The second kappa shape index (κ2) is 8.68. The predicted octanol–water partition coefficient (Wildman–Crippen LogP) is 4.21. The van der Waals surface area contributed by atoms with E-state index in [4.69, 9.17) is 4.74 Å². The van der Waals surface area contributed by atoms with Gasteiger partial charge in [0, 0.05) is 6.42 Å². The Morgan fingerprint density at radius 3 is 2.84 bits per heavy atom. The van der Waals surface area contributed by atoms with Gasteiger partial charge in [-0.2, -0.15) is 5.10 Å². The molecule has 0 aliphatic rings. The van der Waals surface area contributed by atoms with E-state index < -0.39 is 0 Å². The molecule has 2 rings (SSSR count). The summed E-state index contributed by atoms with van der Waals surface area (Å²) in [6, 6.07) is 5.33. The minimum atomic E-state index is 0.121. The Hall–Kier alpha value is -3.08. The Balaban J connectivity index is 2.11. The molecule has 1 N–H and O–H groups in total. The first kappa shape index (κ1) is 18.3. The maximum Gasteiger partial charge on any atom is 0.143 e. The Morgan fingerprint density at radius 2 is 2.12 bits per heavy atom. The van der Waals surface area contributed by atoms with E-state index in [-0.39, 0.29) is 5.75 Å². The number of phenolic OH excluding ortho intramolecular Hbond substituents is 1. The third-order valence-electron chi connectivity index (χ3n) is 3.48. The molecular formula is C20H23N3O2. The predicted molar refractivity (Wildman–Crippen MR) is 100 cm³/mol. The first-order chi connectivity index (χ1) is 12.0. The largest absolute Gasteiger partial charge is 0.506 e. The number of nitrogens with zero attached hydrogens (tertiary/aromatic N) is 3. The van der Waals surface area contributed by atoms with Crippen LogP contribution in [0.3, 0.4) is 0 Å². The Morgan fingerprint density at radius 1 is 1.32 bits per heavy atom. The molecule has 0 atom stereocenters. The summed E-state index contributed by atoms with van der Waals surface area (Å²) < 4.78 is 5.53. The lowest BCUT2D eigenvalue weighted by Crippen LogP contribution is -2.03. The lowest BCUT2D eigenvalue weighted by molar-refractivity contribution is 0.225. The number of hydrogen-bond donors (Lipinski definition) is 1. The average molecular weight is 337 g/mol. The number of allylic oxidation sites excluding steroid dienone is 4. The zero-order valence-corrected chi connectivity index (χ0v) is 14.6. The van der Waals surface area contributed by atoms with E-state index in [1.54, 1.807) is 12.3 Å². The van der Waals surface area contributed by atoms with Gasteiger partial charge in [0.2, 0.25) is 0 Å². The molecule has 25 heavy (non-hydrogen) atoms. The molecule has 1 aromatic carbocycles. The minimum Gasteiger partial charge on any atom is -0.506 e. The van der Waals surface area contributed by atoms with E-state index in [2.05, 4.69) is 23.4 Å². The molecule has 0 bridgehead atoms. The zero-order chi connectivity index (χ0) is 18.2. The Kier molecular flexibility index (Phi) is 6.34. The number of ether oxygens (including phenoxy) is 1. The van der Waals surface area contributed by atoms with Gasteiger partial charge in [0.25, 0.3) is 0 Å². The minimum absolute atomic E-state index is 0.121. The molecule has 5 nitrogen and oxygen atoms in total. The van der Waals surface area contributed by atoms with Gasteiger partial charge >= 0.3 is 0 Å². The van der Waals surface area contributed by atoms with Crippen LogP contribution in [0.15, 0.2) is 67.1 Å². The standard InChI is InChI=1S/C20H23N3O2/c1-5-6-7-8-18-14-21-23(22-18)19-13-17(9-10-20(19)24)11-12-25-16(4)15(2)3/h5-10,13-14,24H,2,4,11-12H2,1,3H3/b6-5-,8-7-. The van der Waals surface area contributed by atoms with Gasteiger partial charge in [-0.05, 0) is 43.2 Å². The van der Waals surface area contributed by atoms with Crippen molar-refractivity contribution in [1.29, 1.82) is 0 Å². The van der Waals surface area contributed by atoms with E-state index in [9.17, 15) is 5.11 Å². The summed E-state index contributed by atoms with van der Waals surface area (Å²) in [4.78, 5) is 1.42. The van der Waals surface area contributed by atoms with E-state index in [1.807, 2.05) is 50.3 Å². The molecule has 0 radical (unpaired) electrons.